The number of carbonyl (C=O) groups is 1. The molecule has 1 amide bonds. The Morgan fingerprint density at radius 1 is 1.20 bits per heavy atom. The highest BCUT2D eigenvalue weighted by molar-refractivity contribution is 6.39. The Morgan fingerprint density at radius 3 is 2.60 bits per heavy atom. The third-order valence-corrected chi connectivity index (χ3v) is 4.74. The van der Waals surface area contributed by atoms with Crippen LogP contribution < -0.4 is 5.32 Å². The highest BCUT2D eigenvalue weighted by atomic mass is 35.5. The normalized spacial score (nSPS) is 13.9. The molecule has 1 fully saturated rings. The van der Waals surface area contributed by atoms with Gasteiger partial charge in [-0.05, 0) is 38.0 Å². The summed E-state index contributed by atoms with van der Waals surface area (Å²) >= 11 is 12.7. The molecule has 1 aromatic carbocycles. The van der Waals surface area contributed by atoms with Crippen LogP contribution in [-0.2, 0) is 4.79 Å². The van der Waals surface area contributed by atoms with Crippen molar-refractivity contribution in [2.24, 2.45) is 5.92 Å². The van der Waals surface area contributed by atoms with Crippen LogP contribution in [0.5, 0.6) is 0 Å². The number of rotatable bonds is 3. The predicted molar refractivity (Wildman–Crippen MR) is 98.9 cm³/mol. The van der Waals surface area contributed by atoms with E-state index in [-0.39, 0.29) is 11.8 Å². The number of fused-ring (bicyclic) bond motifs is 1. The van der Waals surface area contributed by atoms with Crippen molar-refractivity contribution in [2.45, 2.75) is 19.8 Å². The van der Waals surface area contributed by atoms with Crippen molar-refractivity contribution in [3.8, 4) is 11.1 Å². The van der Waals surface area contributed by atoms with Gasteiger partial charge in [0.15, 0.2) is 5.65 Å². The summed E-state index contributed by atoms with van der Waals surface area (Å²) in [7, 11) is 0. The Bertz CT molecular complexity index is 982. The second kappa shape index (κ2) is 6.24. The van der Waals surface area contributed by atoms with E-state index in [1.807, 2.05) is 6.07 Å². The van der Waals surface area contributed by atoms with Gasteiger partial charge in [0.25, 0.3) is 0 Å². The van der Waals surface area contributed by atoms with E-state index >= 15 is 0 Å². The Balaban J connectivity index is 1.93. The lowest BCUT2D eigenvalue weighted by Crippen LogP contribution is -2.15. The number of carbonyl (C=O) groups excluding carboxylic acids is 1. The molecule has 2 heterocycles. The smallest absolute Gasteiger partial charge is 0.228 e. The largest absolute Gasteiger partial charge is 0.310 e. The Morgan fingerprint density at radius 2 is 1.92 bits per heavy atom. The Labute approximate surface area is 154 Å². The standard InChI is InChI=1S/C18H14Cl2N4O/c1-9-21-8-11-7-12(15-13(19)3-2-4-14(15)20)17(23-16(11)22-9)24-18(25)10-5-6-10/h2-4,7-8,10H,5-6H2,1H3,(H,21,22,23,24,25). The number of aromatic nitrogens is 3. The highest BCUT2D eigenvalue weighted by Gasteiger charge is 2.30. The first kappa shape index (κ1) is 16.2. The van der Waals surface area contributed by atoms with Gasteiger partial charge in [-0.3, -0.25) is 4.79 Å². The molecule has 0 saturated heterocycles. The van der Waals surface area contributed by atoms with Crippen LogP contribution in [0.2, 0.25) is 10.0 Å². The third-order valence-electron chi connectivity index (χ3n) is 4.11. The predicted octanol–water partition coefficient (Wildman–Crippen LogP) is 4.66. The molecule has 0 aliphatic heterocycles. The number of hydrogen-bond acceptors (Lipinski definition) is 4. The SMILES string of the molecule is Cc1ncc2cc(-c3c(Cl)cccc3Cl)c(NC(=O)C3CC3)nc2n1. The van der Waals surface area contributed by atoms with Crippen molar-refractivity contribution in [1.82, 2.24) is 15.0 Å². The molecule has 0 radical (unpaired) electrons. The van der Waals surface area contributed by atoms with Crippen molar-refractivity contribution >= 4 is 46.0 Å². The molecule has 5 nitrogen and oxygen atoms in total. The molecule has 126 valence electrons. The van der Waals surface area contributed by atoms with Crippen LogP contribution in [0.4, 0.5) is 5.82 Å². The van der Waals surface area contributed by atoms with E-state index in [4.69, 9.17) is 23.2 Å². The van der Waals surface area contributed by atoms with Crippen LogP contribution >= 0.6 is 23.2 Å². The van der Waals surface area contributed by atoms with Gasteiger partial charge in [-0.25, -0.2) is 15.0 Å². The molecular weight excluding hydrogens is 359 g/mol. The van der Waals surface area contributed by atoms with Gasteiger partial charge in [0, 0.05) is 28.6 Å². The monoisotopic (exact) mass is 372 g/mol. The van der Waals surface area contributed by atoms with Crippen molar-refractivity contribution < 1.29 is 4.79 Å². The quantitative estimate of drug-likeness (QED) is 0.725. The van der Waals surface area contributed by atoms with Gasteiger partial charge < -0.3 is 5.32 Å². The van der Waals surface area contributed by atoms with Gasteiger partial charge in [0.2, 0.25) is 5.91 Å². The maximum absolute atomic E-state index is 12.3. The highest BCUT2D eigenvalue weighted by Crippen LogP contribution is 2.40. The van der Waals surface area contributed by atoms with Crippen LogP contribution in [0.25, 0.3) is 22.2 Å². The molecule has 2 aromatic heterocycles. The second-order valence-corrected chi connectivity index (χ2v) is 6.89. The summed E-state index contributed by atoms with van der Waals surface area (Å²) in [6, 6.07) is 7.14. The molecule has 1 saturated carbocycles. The van der Waals surface area contributed by atoms with E-state index in [0.29, 0.717) is 38.5 Å². The fourth-order valence-electron chi connectivity index (χ4n) is 2.65. The molecule has 3 aromatic rings. The van der Waals surface area contributed by atoms with E-state index in [2.05, 4.69) is 20.3 Å². The number of amides is 1. The van der Waals surface area contributed by atoms with Crippen molar-refractivity contribution in [3.05, 3.63) is 46.3 Å². The van der Waals surface area contributed by atoms with Crippen molar-refractivity contribution in [2.75, 3.05) is 5.32 Å². The number of aryl methyl sites for hydroxylation is 1. The minimum absolute atomic E-state index is 0.0398. The number of benzene rings is 1. The summed E-state index contributed by atoms with van der Waals surface area (Å²) in [4.78, 5) is 25.4. The average Bonchev–Trinajstić information content (AvgIpc) is 3.40. The minimum Gasteiger partial charge on any atom is -0.310 e. The molecule has 1 N–H and O–H groups in total. The van der Waals surface area contributed by atoms with Crippen LogP contribution in [-0.4, -0.2) is 20.9 Å². The van der Waals surface area contributed by atoms with E-state index in [0.717, 1.165) is 18.2 Å². The average molecular weight is 373 g/mol. The molecule has 7 heteroatoms. The van der Waals surface area contributed by atoms with E-state index in [1.54, 1.807) is 31.3 Å². The lowest BCUT2D eigenvalue weighted by molar-refractivity contribution is -0.117. The molecule has 0 bridgehead atoms. The molecule has 0 atom stereocenters. The van der Waals surface area contributed by atoms with Crippen LogP contribution in [0.3, 0.4) is 0 Å². The van der Waals surface area contributed by atoms with Gasteiger partial charge in [-0.1, -0.05) is 29.3 Å². The second-order valence-electron chi connectivity index (χ2n) is 6.07. The maximum Gasteiger partial charge on any atom is 0.228 e. The lowest BCUT2D eigenvalue weighted by Gasteiger charge is -2.14. The lowest BCUT2D eigenvalue weighted by atomic mass is 10.0. The number of nitrogens with zero attached hydrogens (tertiary/aromatic N) is 3. The summed E-state index contributed by atoms with van der Waals surface area (Å²) in [6.07, 6.45) is 3.51. The van der Waals surface area contributed by atoms with Crippen LogP contribution in [0, 0.1) is 12.8 Å². The molecule has 25 heavy (non-hydrogen) atoms. The zero-order chi connectivity index (χ0) is 17.6. The van der Waals surface area contributed by atoms with E-state index in [9.17, 15) is 4.79 Å². The summed E-state index contributed by atoms with van der Waals surface area (Å²) in [6.45, 7) is 1.79. The summed E-state index contributed by atoms with van der Waals surface area (Å²) in [5.74, 6) is 1.04. The van der Waals surface area contributed by atoms with Crippen LogP contribution in [0.15, 0.2) is 30.5 Å². The minimum atomic E-state index is -0.0398. The summed E-state index contributed by atoms with van der Waals surface area (Å²) in [5.41, 5.74) is 1.81. The number of nitrogens with one attached hydrogen (secondary N) is 1. The summed E-state index contributed by atoms with van der Waals surface area (Å²) < 4.78 is 0. The molecule has 0 unspecified atom stereocenters. The maximum atomic E-state index is 12.3. The molecule has 0 spiro atoms. The first-order chi connectivity index (χ1) is 12.0. The van der Waals surface area contributed by atoms with Gasteiger partial charge in [0.1, 0.15) is 11.6 Å². The van der Waals surface area contributed by atoms with Gasteiger partial charge in [-0.2, -0.15) is 0 Å². The van der Waals surface area contributed by atoms with Crippen molar-refractivity contribution in [3.63, 3.8) is 0 Å². The fourth-order valence-corrected chi connectivity index (χ4v) is 3.26. The Hall–Kier alpha value is -2.24. The van der Waals surface area contributed by atoms with Gasteiger partial charge >= 0.3 is 0 Å². The van der Waals surface area contributed by atoms with Gasteiger partial charge in [-0.15, -0.1) is 0 Å². The number of hydrogen-bond donors (Lipinski definition) is 1. The zero-order valence-electron chi connectivity index (χ0n) is 13.4. The van der Waals surface area contributed by atoms with E-state index < -0.39 is 0 Å². The van der Waals surface area contributed by atoms with Crippen molar-refractivity contribution in [1.29, 1.82) is 0 Å². The molecule has 1 aliphatic carbocycles. The molecular formula is C18H14Cl2N4O. The van der Waals surface area contributed by atoms with E-state index in [1.165, 1.54) is 0 Å². The number of anilines is 1. The fraction of sp³-hybridized carbons (Fsp3) is 0.222. The first-order valence-corrected chi connectivity index (χ1v) is 8.68. The number of halogens is 2. The molecule has 1 aliphatic rings. The van der Waals surface area contributed by atoms with Gasteiger partial charge in [0.05, 0.1) is 10.0 Å². The number of pyridine rings is 1. The molecule has 4 rings (SSSR count). The third kappa shape index (κ3) is 3.17. The summed E-state index contributed by atoms with van der Waals surface area (Å²) in [5, 5.41) is 4.64. The zero-order valence-corrected chi connectivity index (χ0v) is 14.9. The Kier molecular flexibility index (Phi) is 4.06. The van der Waals surface area contributed by atoms with Crippen LogP contribution in [0.1, 0.15) is 18.7 Å². The topological polar surface area (TPSA) is 67.8 Å². The first-order valence-electron chi connectivity index (χ1n) is 7.92.